The van der Waals surface area contributed by atoms with E-state index >= 15 is 0 Å². The monoisotopic (exact) mass is 279 g/mol. The zero-order chi connectivity index (χ0) is 14.3. The molecular formula is C11H25N3O3S. The molecule has 0 unspecified atom stereocenters. The SMILES string of the molecule is CC(C)CN(CCC(N)=NO)S(=O)(=O)CC(C)C. The third-order valence-electron chi connectivity index (χ3n) is 2.25. The van der Waals surface area contributed by atoms with Crippen LogP contribution < -0.4 is 5.73 Å². The van der Waals surface area contributed by atoms with Crippen molar-refractivity contribution in [3.8, 4) is 0 Å². The third-order valence-corrected chi connectivity index (χ3v) is 4.46. The lowest BCUT2D eigenvalue weighted by molar-refractivity contribution is 0.314. The van der Waals surface area contributed by atoms with Crippen LogP contribution in [-0.2, 0) is 10.0 Å². The topological polar surface area (TPSA) is 96.0 Å². The molecule has 7 heteroatoms. The van der Waals surface area contributed by atoms with E-state index in [1.54, 1.807) is 0 Å². The van der Waals surface area contributed by atoms with E-state index in [-0.39, 0.29) is 36.4 Å². The Labute approximate surface area is 110 Å². The maximum absolute atomic E-state index is 12.2. The average Bonchev–Trinajstić information content (AvgIpc) is 2.21. The maximum Gasteiger partial charge on any atom is 0.214 e. The summed E-state index contributed by atoms with van der Waals surface area (Å²) in [6.07, 6.45) is 0.237. The normalized spacial score (nSPS) is 13.8. The van der Waals surface area contributed by atoms with E-state index in [0.717, 1.165) is 0 Å². The zero-order valence-corrected chi connectivity index (χ0v) is 12.4. The minimum Gasteiger partial charge on any atom is -0.409 e. The molecule has 0 fully saturated rings. The molecule has 0 radical (unpaired) electrons. The molecule has 3 N–H and O–H groups in total. The van der Waals surface area contributed by atoms with Gasteiger partial charge in [-0.1, -0.05) is 32.9 Å². The summed E-state index contributed by atoms with van der Waals surface area (Å²) in [5, 5.41) is 11.3. The van der Waals surface area contributed by atoms with Crippen LogP contribution in [0.4, 0.5) is 0 Å². The van der Waals surface area contributed by atoms with E-state index in [1.165, 1.54) is 4.31 Å². The number of nitrogens with two attached hydrogens (primary N) is 1. The lowest BCUT2D eigenvalue weighted by atomic mass is 10.2. The summed E-state index contributed by atoms with van der Waals surface area (Å²) in [6, 6.07) is 0. The summed E-state index contributed by atoms with van der Waals surface area (Å²) >= 11 is 0. The van der Waals surface area contributed by atoms with E-state index < -0.39 is 10.0 Å². The molecule has 0 aromatic rings. The fourth-order valence-corrected chi connectivity index (χ4v) is 3.52. The smallest absolute Gasteiger partial charge is 0.214 e. The van der Waals surface area contributed by atoms with Crippen LogP contribution in [0.1, 0.15) is 34.1 Å². The van der Waals surface area contributed by atoms with E-state index in [0.29, 0.717) is 6.54 Å². The zero-order valence-electron chi connectivity index (χ0n) is 11.6. The highest BCUT2D eigenvalue weighted by Crippen LogP contribution is 2.11. The first kappa shape index (κ1) is 17.2. The van der Waals surface area contributed by atoms with Crippen LogP contribution >= 0.6 is 0 Å². The lowest BCUT2D eigenvalue weighted by Gasteiger charge is -2.24. The molecule has 0 aliphatic carbocycles. The average molecular weight is 279 g/mol. The molecule has 0 bridgehead atoms. The van der Waals surface area contributed by atoms with Crippen molar-refractivity contribution < 1.29 is 13.6 Å². The highest BCUT2D eigenvalue weighted by atomic mass is 32.2. The summed E-state index contributed by atoms with van der Waals surface area (Å²) < 4.78 is 25.7. The first-order chi connectivity index (χ1) is 8.19. The largest absolute Gasteiger partial charge is 0.409 e. The quantitative estimate of drug-likeness (QED) is 0.300. The highest BCUT2D eigenvalue weighted by Gasteiger charge is 2.23. The van der Waals surface area contributed by atoms with Gasteiger partial charge in [0.05, 0.1) is 5.75 Å². The van der Waals surface area contributed by atoms with Gasteiger partial charge in [-0.05, 0) is 11.8 Å². The number of rotatable bonds is 8. The molecule has 6 nitrogen and oxygen atoms in total. The van der Waals surface area contributed by atoms with Gasteiger partial charge >= 0.3 is 0 Å². The molecular weight excluding hydrogens is 254 g/mol. The Balaban J connectivity index is 4.77. The van der Waals surface area contributed by atoms with Gasteiger partial charge in [0.25, 0.3) is 0 Å². The van der Waals surface area contributed by atoms with Crippen LogP contribution in [-0.4, -0.2) is 42.6 Å². The Morgan fingerprint density at radius 2 is 1.83 bits per heavy atom. The Hall–Kier alpha value is -0.820. The van der Waals surface area contributed by atoms with E-state index in [1.807, 2.05) is 27.7 Å². The molecule has 0 heterocycles. The van der Waals surface area contributed by atoms with Gasteiger partial charge < -0.3 is 10.9 Å². The summed E-state index contributed by atoms with van der Waals surface area (Å²) in [5.74, 6) is 0.479. The molecule has 0 aromatic heterocycles. The number of oxime groups is 1. The molecule has 0 aliphatic rings. The van der Waals surface area contributed by atoms with Crippen molar-refractivity contribution in [1.29, 1.82) is 0 Å². The van der Waals surface area contributed by atoms with Gasteiger partial charge in [-0.15, -0.1) is 0 Å². The third kappa shape index (κ3) is 6.80. The van der Waals surface area contributed by atoms with Crippen molar-refractivity contribution in [2.75, 3.05) is 18.8 Å². The molecule has 0 atom stereocenters. The van der Waals surface area contributed by atoms with Gasteiger partial charge in [-0.3, -0.25) is 0 Å². The maximum atomic E-state index is 12.2. The van der Waals surface area contributed by atoms with Gasteiger partial charge in [-0.2, -0.15) is 0 Å². The lowest BCUT2D eigenvalue weighted by Crippen LogP contribution is -2.39. The Kier molecular flexibility index (Phi) is 7.23. The molecule has 0 aromatic carbocycles. The Morgan fingerprint density at radius 1 is 1.28 bits per heavy atom. The summed E-state index contributed by atoms with van der Waals surface area (Å²) in [7, 11) is -3.28. The van der Waals surface area contributed by atoms with Gasteiger partial charge in [-0.25, -0.2) is 12.7 Å². The molecule has 0 amide bonds. The fraction of sp³-hybridized carbons (Fsp3) is 0.909. The summed E-state index contributed by atoms with van der Waals surface area (Å²) in [4.78, 5) is 0. The van der Waals surface area contributed by atoms with Crippen molar-refractivity contribution in [2.24, 2.45) is 22.7 Å². The molecule has 0 rings (SSSR count). The van der Waals surface area contributed by atoms with Crippen molar-refractivity contribution in [1.82, 2.24) is 4.31 Å². The predicted molar refractivity (Wildman–Crippen MR) is 73.1 cm³/mol. The Bertz CT molecular complexity index is 364. The second-order valence-electron chi connectivity index (χ2n) is 5.27. The number of sulfonamides is 1. The van der Waals surface area contributed by atoms with Crippen molar-refractivity contribution in [2.45, 2.75) is 34.1 Å². The van der Waals surface area contributed by atoms with Gasteiger partial charge in [0, 0.05) is 19.5 Å². The molecule has 0 aliphatic heterocycles. The minimum absolute atomic E-state index is 0.0449. The van der Waals surface area contributed by atoms with Crippen LogP contribution in [0.2, 0.25) is 0 Å². The molecule has 18 heavy (non-hydrogen) atoms. The summed E-state index contributed by atoms with van der Waals surface area (Å²) in [6.45, 7) is 8.36. The first-order valence-corrected chi connectivity index (χ1v) is 7.74. The van der Waals surface area contributed by atoms with Crippen molar-refractivity contribution in [3.63, 3.8) is 0 Å². The molecule has 108 valence electrons. The van der Waals surface area contributed by atoms with Crippen LogP contribution in [0.15, 0.2) is 5.16 Å². The Morgan fingerprint density at radius 3 is 2.22 bits per heavy atom. The highest BCUT2D eigenvalue weighted by molar-refractivity contribution is 7.89. The van der Waals surface area contributed by atoms with E-state index in [9.17, 15) is 8.42 Å². The number of hydrogen-bond donors (Lipinski definition) is 2. The first-order valence-electron chi connectivity index (χ1n) is 6.13. The van der Waals surface area contributed by atoms with Crippen LogP contribution in [0.25, 0.3) is 0 Å². The number of nitrogens with zero attached hydrogens (tertiary/aromatic N) is 2. The van der Waals surface area contributed by atoms with Crippen LogP contribution in [0.3, 0.4) is 0 Å². The minimum atomic E-state index is -3.28. The van der Waals surface area contributed by atoms with Crippen molar-refractivity contribution in [3.05, 3.63) is 0 Å². The van der Waals surface area contributed by atoms with E-state index in [4.69, 9.17) is 10.9 Å². The molecule has 0 spiro atoms. The predicted octanol–water partition coefficient (Wildman–Crippen LogP) is 1.07. The van der Waals surface area contributed by atoms with Crippen molar-refractivity contribution >= 4 is 15.9 Å². The van der Waals surface area contributed by atoms with Crippen LogP contribution in [0, 0.1) is 11.8 Å². The van der Waals surface area contributed by atoms with E-state index in [2.05, 4.69) is 5.16 Å². The second kappa shape index (κ2) is 7.58. The standard InChI is InChI=1S/C11H25N3O3S/c1-9(2)7-14(6-5-11(12)13-15)18(16,17)8-10(3)4/h9-10,15H,5-8H2,1-4H3,(H2,12,13). The summed E-state index contributed by atoms with van der Waals surface area (Å²) in [5.41, 5.74) is 5.38. The number of amidine groups is 1. The molecule has 0 saturated heterocycles. The van der Waals surface area contributed by atoms with Crippen LogP contribution in [0.5, 0.6) is 0 Å². The second-order valence-corrected chi connectivity index (χ2v) is 7.28. The van der Waals surface area contributed by atoms with Gasteiger partial charge in [0.15, 0.2) is 0 Å². The number of hydrogen-bond acceptors (Lipinski definition) is 4. The molecule has 0 saturated carbocycles. The van der Waals surface area contributed by atoms with Gasteiger partial charge in [0.1, 0.15) is 5.84 Å². The van der Waals surface area contributed by atoms with Gasteiger partial charge in [0.2, 0.25) is 10.0 Å². The fourth-order valence-electron chi connectivity index (χ4n) is 1.57.